The summed E-state index contributed by atoms with van der Waals surface area (Å²) >= 11 is 0. The van der Waals surface area contributed by atoms with Gasteiger partial charge in [0.25, 0.3) is 6.71 Å². The van der Waals surface area contributed by atoms with Gasteiger partial charge in [-0.15, -0.1) is 0 Å². The molecule has 101 heavy (non-hydrogen) atoms. The summed E-state index contributed by atoms with van der Waals surface area (Å²) in [5, 5.41) is 0. The highest BCUT2D eigenvalue weighted by Crippen LogP contribution is 2.56. The zero-order valence-corrected chi connectivity index (χ0v) is 61.7. The lowest BCUT2D eigenvalue weighted by Crippen LogP contribution is -2.61. The predicted molar refractivity (Wildman–Crippen MR) is 437 cm³/mol. The first-order valence-corrected chi connectivity index (χ1v) is 36.3. The van der Waals surface area contributed by atoms with E-state index < -0.39 is 0 Å². The topological polar surface area (TPSA) is 6.48 Å². The molecule has 0 radical (unpaired) electrons. The van der Waals surface area contributed by atoms with Crippen LogP contribution >= 0.6 is 0 Å². The van der Waals surface area contributed by atoms with Crippen LogP contribution in [-0.4, -0.2) is 6.71 Å². The van der Waals surface area contributed by atoms with Gasteiger partial charge in [0.2, 0.25) is 0 Å². The van der Waals surface area contributed by atoms with Gasteiger partial charge in [0, 0.05) is 45.0 Å². The van der Waals surface area contributed by atoms with Crippen molar-refractivity contribution in [1.82, 2.24) is 0 Å². The SMILES string of the molecule is CC(C)(C)c1ccc(-c2ccc3c(c2)B2c4cc(-c5ccc(C(C)(C)C)cc5)ccc4N(c4c(-c5ccccc5)cc(-c5ccc(C(C)(C)C)cc5)cc4-c4ccccc4)c4cc(C(C)(C)C)cc(c42)N3c2c(-c3ccccc3)cc(-c3ccc(C(C)(C)C)cc3)cc2-c2ccccc2)cc1. The maximum Gasteiger partial charge on any atom is 0.252 e. The van der Waals surface area contributed by atoms with Crippen LogP contribution in [0.2, 0.25) is 0 Å². The van der Waals surface area contributed by atoms with Crippen molar-refractivity contribution in [1.29, 1.82) is 0 Å². The second-order valence-corrected chi connectivity index (χ2v) is 33.4. The second-order valence-electron chi connectivity index (χ2n) is 33.4. The molecule has 0 fully saturated rings. The molecule has 2 aliphatic rings. The van der Waals surface area contributed by atoms with Gasteiger partial charge in [0.15, 0.2) is 0 Å². The maximum absolute atomic E-state index is 2.71. The molecule has 3 heteroatoms. The van der Waals surface area contributed by atoms with E-state index in [1.54, 1.807) is 0 Å². The lowest BCUT2D eigenvalue weighted by atomic mass is 9.33. The van der Waals surface area contributed by atoms with Crippen molar-refractivity contribution in [3.8, 4) is 89.0 Å². The van der Waals surface area contributed by atoms with E-state index in [1.165, 1.54) is 88.7 Å². The summed E-state index contributed by atoms with van der Waals surface area (Å²) < 4.78 is 0. The predicted octanol–water partition coefficient (Wildman–Crippen LogP) is 25.6. The molecule has 15 rings (SSSR count). The maximum atomic E-state index is 2.71. The van der Waals surface area contributed by atoms with Gasteiger partial charge in [-0.25, -0.2) is 0 Å². The Morgan fingerprint density at radius 3 is 0.683 bits per heavy atom. The van der Waals surface area contributed by atoms with Crippen LogP contribution < -0.4 is 26.2 Å². The molecular formula is C98H93BN2. The number of hydrogen-bond donors (Lipinski definition) is 0. The van der Waals surface area contributed by atoms with Crippen LogP contribution in [0.5, 0.6) is 0 Å². The van der Waals surface area contributed by atoms with E-state index in [4.69, 9.17) is 0 Å². The quantitative estimate of drug-likeness (QED) is 0.126. The Balaban J connectivity index is 1.11. The molecule has 0 N–H and O–H groups in total. The highest BCUT2D eigenvalue weighted by molar-refractivity contribution is 7.00. The van der Waals surface area contributed by atoms with Crippen molar-refractivity contribution >= 4 is 57.2 Å². The normalized spacial score (nSPS) is 13.0. The molecule has 0 unspecified atom stereocenters. The van der Waals surface area contributed by atoms with Gasteiger partial charge in [-0.1, -0.05) is 347 Å². The number of anilines is 6. The number of nitrogens with zero attached hydrogens (tertiary/aromatic N) is 2. The van der Waals surface area contributed by atoms with Crippen molar-refractivity contribution in [3.63, 3.8) is 0 Å². The van der Waals surface area contributed by atoms with Gasteiger partial charge in [0.05, 0.1) is 11.4 Å². The first-order chi connectivity index (χ1) is 48.2. The van der Waals surface area contributed by atoms with Crippen molar-refractivity contribution in [2.75, 3.05) is 9.80 Å². The summed E-state index contributed by atoms with van der Waals surface area (Å²) in [4.78, 5) is 5.42. The molecule has 0 bridgehead atoms. The fraction of sp³-hybridized carbons (Fsp3) is 0.204. The molecule has 2 aliphatic heterocycles. The summed E-state index contributed by atoms with van der Waals surface area (Å²) in [5.41, 5.74) is 35.5. The lowest BCUT2D eigenvalue weighted by molar-refractivity contribution is 0.590. The minimum Gasteiger partial charge on any atom is -0.310 e. The van der Waals surface area contributed by atoms with Crippen LogP contribution in [0.15, 0.2) is 291 Å². The average Bonchev–Trinajstić information content (AvgIpc) is 0.686. The molecular weight excluding hydrogens is 1220 g/mol. The summed E-state index contributed by atoms with van der Waals surface area (Å²) in [6.07, 6.45) is 0. The lowest BCUT2D eigenvalue weighted by Gasteiger charge is -2.46. The summed E-state index contributed by atoms with van der Waals surface area (Å²) in [7, 11) is 0. The molecule has 2 nitrogen and oxygen atoms in total. The van der Waals surface area contributed by atoms with Crippen LogP contribution in [0, 0.1) is 0 Å². The number of fused-ring (bicyclic) bond motifs is 4. The minimum atomic E-state index is -0.299. The fourth-order valence-corrected chi connectivity index (χ4v) is 15.4. The number of benzene rings is 13. The van der Waals surface area contributed by atoms with Crippen LogP contribution in [0.25, 0.3) is 89.0 Å². The van der Waals surface area contributed by atoms with E-state index in [2.05, 4.69) is 405 Å². The smallest absolute Gasteiger partial charge is 0.252 e. The van der Waals surface area contributed by atoms with Gasteiger partial charge in [-0.05, 0) is 187 Å². The van der Waals surface area contributed by atoms with Crippen LogP contribution in [0.4, 0.5) is 34.1 Å². The Bertz CT molecular complexity index is 4780. The molecule has 0 amide bonds. The number of hydrogen-bond acceptors (Lipinski definition) is 2. The third-order valence-electron chi connectivity index (χ3n) is 21.3. The van der Waals surface area contributed by atoms with E-state index in [9.17, 15) is 0 Å². The third kappa shape index (κ3) is 12.6. The third-order valence-corrected chi connectivity index (χ3v) is 21.3. The highest BCUT2D eigenvalue weighted by atomic mass is 15.2. The molecule has 13 aromatic rings. The molecule has 0 saturated carbocycles. The van der Waals surface area contributed by atoms with E-state index in [-0.39, 0.29) is 33.8 Å². The Kier molecular flexibility index (Phi) is 16.6. The molecule has 0 spiro atoms. The standard InChI is InChI=1S/C98H93BN2/c1-94(2,3)76-46-36-64(37-47-76)72-44-54-87-85(60-72)99-86-61-73(65-38-48-77(49-39-65)95(4,5)6)45-55-88(86)101(93-83(70-32-24-18-25-33-70)58-75(59-84(93)71-34-26-19-27-35-71)67-42-52-79(53-43-67)97(10,11)12)90-63-80(98(13,14)15)62-89(91(90)99)100(87)92-81(68-28-20-16-21-29-68)56-74(57-82(92)69-30-22-17-23-31-69)66-40-50-78(51-41-66)96(7,8)9/h16-63H,1-15H3. The van der Waals surface area contributed by atoms with E-state index in [0.717, 1.165) is 78.6 Å². The van der Waals surface area contributed by atoms with E-state index in [1.807, 2.05) is 0 Å². The molecule has 2 heterocycles. The average molecular weight is 1310 g/mol. The number of rotatable bonds is 10. The zero-order valence-electron chi connectivity index (χ0n) is 61.7. The molecule has 0 saturated heterocycles. The summed E-state index contributed by atoms with van der Waals surface area (Å²) in [6, 6.07) is 112. The van der Waals surface area contributed by atoms with Gasteiger partial charge in [-0.2, -0.15) is 0 Å². The molecule has 13 aromatic carbocycles. The molecule has 0 aliphatic carbocycles. The largest absolute Gasteiger partial charge is 0.310 e. The Morgan fingerprint density at radius 2 is 0.436 bits per heavy atom. The van der Waals surface area contributed by atoms with Crippen LogP contribution in [0.1, 0.15) is 132 Å². The van der Waals surface area contributed by atoms with Crippen molar-refractivity contribution in [3.05, 3.63) is 319 Å². The van der Waals surface area contributed by atoms with Gasteiger partial charge in [0.1, 0.15) is 0 Å². The van der Waals surface area contributed by atoms with E-state index >= 15 is 0 Å². The Morgan fingerprint density at radius 1 is 0.198 bits per heavy atom. The van der Waals surface area contributed by atoms with Crippen LogP contribution in [0.3, 0.4) is 0 Å². The Labute approximate surface area is 602 Å². The fourth-order valence-electron chi connectivity index (χ4n) is 15.4. The summed E-state index contributed by atoms with van der Waals surface area (Å²) in [6.45, 7) is 34.6. The van der Waals surface area contributed by atoms with Crippen molar-refractivity contribution in [2.24, 2.45) is 0 Å². The highest BCUT2D eigenvalue weighted by Gasteiger charge is 2.46. The van der Waals surface area contributed by atoms with Crippen molar-refractivity contribution in [2.45, 2.75) is 131 Å². The van der Waals surface area contributed by atoms with Gasteiger partial charge < -0.3 is 9.80 Å². The van der Waals surface area contributed by atoms with Crippen LogP contribution in [-0.2, 0) is 27.1 Å². The summed E-state index contributed by atoms with van der Waals surface area (Å²) in [5.74, 6) is 0. The molecule has 498 valence electrons. The van der Waals surface area contributed by atoms with Gasteiger partial charge >= 0.3 is 0 Å². The second kappa shape index (κ2) is 25.3. The zero-order chi connectivity index (χ0) is 70.5. The van der Waals surface area contributed by atoms with E-state index in [0.29, 0.717) is 0 Å². The first-order valence-electron chi connectivity index (χ1n) is 36.3. The first kappa shape index (κ1) is 66.4. The van der Waals surface area contributed by atoms with Gasteiger partial charge in [-0.3, -0.25) is 0 Å². The Hall–Kier alpha value is -10.5. The molecule has 0 atom stereocenters. The monoisotopic (exact) mass is 1310 g/mol. The minimum absolute atomic E-state index is 0.000476. The van der Waals surface area contributed by atoms with Crippen molar-refractivity contribution < 1.29 is 0 Å². The molecule has 0 aromatic heterocycles.